The molecule has 2 atom stereocenters. The Balaban J connectivity index is 1.75. The zero-order valence-corrected chi connectivity index (χ0v) is 12.0. The molecule has 0 amide bonds. The number of nitrogen functional groups attached to an aromatic ring is 1. The van der Waals surface area contributed by atoms with Crippen LogP contribution in [-0.2, 0) is 0 Å². The maximum atomic E-state index is 5.73. The van der Waals surface area contributed by atoms with Crippen molar-refractivity contribution in [2.45, 2.75) is 24.3 Å². The smallest absolute Gasteiger partial charge is 0.121 e. The number of thioether (sulfide) groups is 1. The summed E-state index contributed by atoms with van der Waals surface area (Å²) in [5.41, 5.74) is 6.47. The fourth-order valence-corrected chi connectivity index (χ4v) is 3.75. The SMILES string of the molecule is CC1CN(CCOc2cccc(N)c2)CC(C)S1. The number of benzene rings is 1. The Morgan fingerprint density at radius 2 is 2.06 bits per heavy atom. The summed E-state index contributed by atoms with van der Waals surface area (Å²) in [4.78, 5) is 2.48. The number of anilines is 1. The molecule has 0 aromatic heterocycles. The number of nitrogens with zero attached hydrogens (tertiary/aromatic N) is 1. The second-order valence-electron chi connectivity index (χ2n) is 4.94. The summed E-state index contributed by atoms with van der Waals surface area (Å²) in [5.74, 6) is 0.863. The maximum Gasteiger partial charge on any atom is 0.121 e. The third-order valence-electron chi connectivity index (χ3n) is 3.03. The van der Waals surface area contributed by atoms with Crippen molar-refractivity contribution < 1.29 is 4.74 Å². The van der Waals surface area contributed by atoms with Gasteiger partial charge in [0.1, 0.15) is 12.4 Å². The molecule has 0 spiro atoms. The normalized spacial score (nSPS) is 25.0. The van der Waals surface area contributed by atoms with Gasteiger partial charge < -0.3 is 10.5 Å². The van der Waals surface area contributed by atoms with E-state index >= 15 is 0 Å². The molecular formula is C14H22N2OS. The third kappa shape index (κ3) is 4.10. The van der Waals surface area contributed by atoms with Gasteiger partial charge in [-0.25, -0.2) is 0 Å². The topological polar surface area (TPSA) is 38.5 Å². The molecule has 1 aliphatic rings. The summed E-state index contributed by atoms with van der Waals surface area (Å²) in [6.07, 6.45) is 0. The highest BCUT2D eigenvalue weighted by molar-refractivity contribution is 8.00. The van der Waals surface area contributed by atoms with Gasteiger partial charge in [0.25, 0.3) is 0 Å². The molecule has 0 bridgehead atoms. The highest BCUT2D eigenvalue weighted by Gasteiger charge is 2.21. The molecule has 1 aromatic carbocycles. The average molecular weight is 266 g/mol. The first-order valence-electron chi connectivity index (χ1n) is 6.49. The predicted octanol–water partition coefficient (Wildman–Crippen LogP) is 2.47. The van der Waals surface area contributed by atoms with Crippen LogP contribution in [0, 0.1) is 0 Å². The molecule has 1 aromatic rings. The van der Waals surface area contributed by atoms with Gasteiger partial charge in [-0.3, -0.25) is 4.90 Å². The van der Waals surface area contributed by atoms with Crippen molar-refractivity contribution in [1.82, 2.24) is 4.90 Å². The zero-order valence-electron chi connectivity index (χ0n) is 11.1. The van der Waals surface area contributed by atoms with Crippen LogP contribution >= 0.6 is 11.8 Å². The number of nitrogens with two attached hydrogens (primary N) is 1. The van der Waals surface area contributed by atoms with Crippen LogP contribution in [0.3, 0.4) is 0 Å². The molecule has 0 saturated carbocycles. The van der Waals surface area contributed by atoms with Crippen molar-refractivity contribution in [2.75, 3.05) is 32.0 Å². The molecule has 100 valence electrons. The molecule has 18 heavy (non-hydrogen) atoms. The van der Waals surface area contributed by atoms with Crippen molar-refractivity contribution >= 4 is 17.4 Å². The van der Waals surface area contributed by atoms with Gasteiger partial charge >= 0.3 is 0 Å². The van der Waals surface area contributed by atoms with Crippen LogP contribution in [0.25, 0.3) is 0 Å². The van der Waals surface area contributed by atoms with Gasteiger partial charge in [-0.1, -0.05) is 19.9 Å². The summed E-state index contributed by atoms with van der Waals surface area (Å²) in [6, 6.07) is 7.62. The van der Waals surface area contributed by atoms with Crippen LogP contribution in [0.15, 0.2) is 24.3 Å². The predicted molar refractivity (Wildman–Crippen MR) is 79.3 cm³/mol. The third-order valence-corrected chi connectivity index (χ3v) is 4.26. The van der Waals surface area contributed by atoms with E-state index < -0.39 is 0 Å². The molecule has 1 heterocycles. The van der Waals surface area contributed by atoms with E-state index in [1.165, 1.54) is 0 Å². The monoisotopic (exact) mass is 266 g/mol. The van der Waals surface area contributed by atoms with E-state index in [4.69, 9.17) is 10.5 Å². The molecule has 0 aliphatic carbocycles. The minimum atomic E-state index is 0.723. The van der Waals surface area contributed by atoms with E-state index in [1.807, 2.05) is 24.3 Å². The summed E-state index contributed by atoms with van der Waals surface area (Å²) in [5, 5.41) is 1.45. The van der Waals surface area contributed by atoms with Crippen molar-refractivity contribution in [2.24, 2.45) is 0 Å². The van der Waals surface area contributed by atoms with Crippen molar-refractivity contribution in [3.05, 3.63) is 24.3 Å². The van der Waals surface area contributed by atoms with E-state index in [0.717, 1.165) is 48.2 Å². The number of ether oxygens (including phenoxy) is 1. The Morgan fingerprint density at radius 1 is 1.33 bits per heavy atom. The van der Waals surface area contributed by atoms with E-state index in [-0.39, 0.29) is 0 Å². The van der Waals surface area contributed by atoms with Gasteiger partial charge in [0, 0.05) is 41.9 Å². The first-order chi connectivity index (χ1) is 8.63. The van der Waals surface area contributed by atoms with E-state index in [0.29, 0.717) is 0 Å². The largest absolute Gasteiger partial charge is 0.492 e. The van der Waals surface area contributed by atoms with Gasteiger partial charge in [0.15, 0.2) is 0 Å². The molecule has 3 nitrogen and oxygen atoms in total. The minimum absolute atomic E-state index is 0.723. The standard InChI is InChI=1S/C14H22N2OS/c1-11-9-16(10-12(2)18-11)6-7-17-14-5-3-4-13(15)8-14/h3-5,8,11-12H,6-7,9-10,15H2,1-2H3. The van der Waals surface area contributed by atoms with Gasteiger partial charge in [-0.2, -0.15) is 11.8 Å². The summed E-state index contributed by atoms with van der Waals surface area (Å²) >= 11 is 2.08. The average Bonchev–Trinajstić information content (AvgIpc) is 2.27. The maximum absolute atomic E-state index is 5.73. The van der Waals surface area contributed by atoms with E-state index in [1.54, 1.807) is 0 Å². The van der Waals surface area contributed by atoms with Crippen LogP contribution in [0.2, 0.25) is 0 Å². The number of rotatable bonds is 4. The molecule has 1 fully saturated rings. The molecule has 2 rings (SSSR count). The molecule has 4 heteroatoms. The Labute approximate surface area is 114 Å². The number of hydrogen-bond donors (Lipinski definition) is 1. The van der Waals surface area contributed by atoms with Gasteiger partial charge in [-0.15, -0.1) is 0 Å². The molecule has 2 N–H and O–H groups in total. The fourth-order valence-electron chi connectivity index (χ4n) is 2.36. The Morgan fingerprint density at radius 3 is 2.72 bits per heavy atom. The van der Waals surface area contributed by atoms with Crippen molar-refractivity contribution in [3.8, 4) is 5.75 Å². The lowest BCUT2D eigenvalue weighted by Crippen LogP contribution is -2.42. The molecular weight excluding hydrogens is 244 g/mol. The van der Waals surface area contributed by atoms with Crippen LogP contribution in [-0.4, -0.2) is 41.6 Å². The van der Waals surface area contributed by atoms with Gasteiger partial charge in [-0.05, 0) is 12.1 Å². The lowest BCUT2D eigenvalue weighted by atomic mass is 10.3. The van der Waals surface area contributed by atoms with E-state index in [2.05, 4.69) is 30.5 Å². The van der Waals surface area contributed by atoms with Crippen LogP contribution in [0.1, 0.15) is 13.8 Å². The quantitative estimate of drug-likeness (QED) is 0.850. The molecule has 1 saturated heterocycles. The molecule has 2 unspecified atom stereocenters. The van der Waals surface area contributed by atoms with Gasteiger partial charge in [0.2, 0.25) is 0 Å². The minimum Gasteiger partial charge on any atom is -0.492 e. The lowest BCUT2D eigenvalue weighted by Gasteiger charge is -2.34. The fraction of sp³-hybridized carbons (Fsp3) is 0.571. The zero-order chi connectivity index (χ0) is 13.0. The van der Waals surface area contributed by atoms with E-state index in [9.17, 15) is 0 Å². The first-order valence-corrected chi connectivity index (χ1v) is 7.44. The highest BCUT2D eigenvalue weighted by Crippen LogP contribution is 2.24. The summed E-state index contributed by atoms with van der Waals surface area (Å²) < 4.78 is 5.73. The second kappa shape index (κ2) is 6.34. The van der Waals surface area contributed by atoms with Crippen molar-refractivity contribution in [1.29, 1.82) is 0 Å². The van der Waals surface area contributed by atoms with Crippen LogP contribution < -0.4 is 10.5 Å². The van der Waals surface area contributed by atoms with Crippen LogP contribution in [0.5, 0.6) is 5.75 Å². The Hall–Kier alpha value is -0.870. The Kier molecular flexibility index (Phi) is 4.78. The second-order valence-corrected chi connectivity index (χ2v) is 6.82. The van der Waals surface area contributed by atoms with Crippen LogP contribution in [0.4, 0.5) is 5.69 Å². The Bertz CT molecular complexity index is 376. The summed E-state index contributed by atoms with van der Waals surface area (Å²) in [6.45, 7) is 8.64. The van der Waals surface area contributed by atoms with Gasteiger partial charge in [0.05, 0.1) is 0 Å². The first kappa shape index (κ1) is 13.6. The lowest BCUT2D eigenvalue weighted by molar-refractivity contribution is 0.207. The van der Waals surface area contributed by atoms with Crippen molar-refractivity contribution in [3.63, 3.8) is 0 Å². The number of hydrogen-bond acceptors (Lipinski definition) is 4. The highest BCUT2D eigenvalue weighted by atomic mass is 32.2. The molecule has 1 aliphatic heterocycles. The molecule has 0 radical (unpaired) electrons. The summed E-state index contributed by atoms with van der Waals surface area (Å²) in [7, 11) is 0.